The van der Waals surface area contributed by atoms with Gasteiger partial charge in [-0.15, -0.1) is 0 Å². The van der Waals surface area contributed by atoms with E-state index < -0.39 is 18.9 Å². The highest BCUT2D eigenvalue weighted by Crippen LogP contribution is 2.33. The number of rotatable bonds is 4. The summed E-state index contributed by atoms with van der Waals surface area (Å²) in [7, 11) is 0. The molecule has 0 unspecified atom stereocenters. The molecule has 1 aromatic carbocycles. The molecule has 1 aromatic rings. The largest absolute Gasteiger partial charge is 0.670 e. The number of hydrogen-bond acceptors (Lipinski definition) is 7. The maximum Gasteiger partial charge on any atom is 0.430 e. The molecule has 9 heteroatoms. The number of ether oxygens (including phenoxy) is 1. The molecule has 1 saturated heterocycles. The fourth-order valence-electron chi connectivity index (χ4n) is 2.83. The Hall–Kier alpha value is -1.81. The maximum absolute atomic E-state index is 11.9. The molecule has 2 heterocycles. The van der Waals surface area contributed by atoms with Gasteiger partial charge in [0.1, 0.15) is 17.9 Å². The van der Waals surface area contributed by atoms with E-state index in [0.717, 1.165) is 5.56 Å². The summed E-state index contributed by atoms with van der Waals surface area (Å²) in [4.78, 5) is 13.5. The summed E-state index contributed by atoms with van der Waals surface area (Å²) in [6.07, 6.45) is -0.355. The van der Waals surface area contributed by atoms with Crippen molar-refractivity contribution in [3.63, 3.8) is 0 Å². The first-order valence-corrected chi connectivity index (χ1v) is 8.06. The van der Waals surface area contributed by atoms with Crippen LogP contribution in [0.3, 0.4) is 0 Å². The van der Waals surface area contributed by atoms with Gasteiger partial charge in [0.25, 0.3) is 0 Å². The van der Waals surface area contributed by atoms with Gasteiger partial charge in [0.2, 0.25) is 5.91 Å². The van der Waals surface area contributed by atoms with Gasteiger partial charge in [-0.1, -0.05) is 12.4 Å². The normalized spacial score (nSPS) is 22.0. The number of hydrogen-bond donors (Lipinski definition) is 4. The van der Waals surface area contributed by atoms with Crippen molar-refractivity contribution < 1.29 is 29.3 Å². The SMILES string of the molecule is C[C@@H](O)[C@H](N)C(=O)N1CC(Oc2ccc3c(c2)O[B-](O)(O)CC3)C1. The minimum Gasteiger partial charge on any atom is -0.670 e. The van der Waals surface area contributed by atoms with Crippen molar-refractivity contribution in [2.75, 3.05) is 13.1 Å². The van der Waals surface area contributed by atoms with Crippen LogP contribution in [0.15, 0.2) is 18.2 Å². The van der Waals surface area contributed by atoms with Crippen molar-refractivity contribution in [2.24, 2.45) is 5.73 Å². The molecular formula is C15H22BN2O6-. The molecular weight excluding hydrogens is 315 g/mol. The standard InChI is InChI=1S/C15H22BN2O6/c1-9(19)14(17)15(20)18-7-12(8-18)23-11-3-2-10-4-5-16(21,22)24-13(10)6-11/h2-3,6,9,12,14,19,21-22H,4-5,7-8,17H2,1H3/q-1/t9-,14+/m1/s1. The highest BCUT2D eigenvalue weighted by atomic mass is 16.6. The van der Waals surface area contributed by atoms with Crippen molar-refractivity contribution in [1.82, 2.24) is 4.90 Å². The smallest absolute Gasteiger partial charge is 0.430 e. The molecule has 24 heavy (non-hydrogen) atoms. The van der Waals surface area contributed by atoms with Crippen LogP contribution in [0.25, 0.3) is 0 Å². The molecule has 3 rings (SSSR count). The number of amides is 1. The van der Waals surface area contributed by atoms with Gasteiger partial charge in [-0.2, -0.15) is 0 Å². The van der Waals surface area contributed by atoms with Gasteiger partial charge in [-0.05, 0) is 25.0 Å². The second kappa shape index (κ2) is 6.25. The molecule has 0 spiro atoms. The second-order valence-corrected chi connectivity index (χ2v) is 6.53. The molecule has 2 aliphatic rings. The van der Waals surface area contributed by atoms with Crippen LogP contribution in [0.2, 0.25) is 6.32 Å². The summed E-state index contributed by atoms with van der Waals surface area (Å²) in [5, 5.41) is 28.6. The molecule has 0 aromatic heterocycles. The Morgan fingerprint density at radius 3 is 2.83 bits per heavy atom. The molecule has 1 amide bonds. The fraction of sp³-hybridized carbons (Fsp3) is 0.533. The van der Waals surface area contributed by atoms with Crippen LogP contribution in [-0.2, 0) is 11.2 Å². The zero-order chi connectivity index (χ0) is 17.5. The van der Waals surface area contributed by atoms with Crippen molar-refractivity contribution >= 4 is 12.7 Å². The first kappa shape index (κ1) is 17.0. The number of fused-ring (bicyclic) bond motifs is 1. The number of nitrogens with two attached hydrogens (primary N) is 1. The second-order valence-electron chi connectivity index (χ2n) is 6.53. The molecule has 0 saturated carbocycles. The summed E-state index contributed by atoms with van der Waals surface area (Å²) in [6, 6.07) is 4.33. The molecule has 132 valence electrons. The Morgan fingerprint density at radius 2 is 2.17 bits per heavy atom. The summed E-state index contributed by atoms with van der Waals surface area (Å²) in [6.45, 7) is -0.533. The third-order valence-corrected chi connectivity index (χ3v) is 4.41. The molecule has 1 fully saturated rings. The van der Waals surface area contributed by atoms with Gasteiger partial charge in [0, 0.05) is 6.07 Å². The third kappa shape index (κ3) is 3.49. The van der Waals surface area contributed by atoms with Crippen LogP contribution < -0.4 is 15.1 Å². The van der Waals surface area contributed by atoms with Crippen LogP contribution in [0.4, 0.5) is 0 Å². The highest BCUT2D eigenvalue weighted by Gasteiger charge is 2.36. The van der Waals surface area contributed by atoms with E-state index in [9.17, 15) is 19.9 Å². The quantitative estimate of drug-likeness (QED) is 0.511. The van der Waals surface area contributed by atoms with Crippen molar-refractivity contribution in [3.8, 4) is 11.5 Å². The van der Waals surface area contributed by atoms with Crippen molar-refractivity contribution in [1.29, 1.82) is 0 Å². The van der Waals surface area contributed by atoms with E-state index in [1.807, 2.05) is 6.07 Å². The van der Waals surface area contributed by atoms with Crippen molar-refractivity contribution in [3.05, 3.63) is 23.8 Å². The predicted octanol–water partition coefficient (Wildman–Crippen LogP) is -1.16. The van der Waals surface area contributed by atoms with E-state index in [0.29, 0.717) is 31.0 Å². The van der Waals surface area contributed by atoms with Gasteiger partial charge in [-0.3, -0.25) is 4.79 Å². The minimum absolute atomic E-state index is 0.171. The van der Waals surface area contributed by atoms with E-state index in [1.54, 1.807) is 12.1 Å². The summed E-state index contributed by atoms with van der Waals surface area (Å²) in [5.74, 6) is 0.651. The Morgan fingerprint density at radius 1 is 1.46 bits per heavy atom. The monoisotopic (exact) mass is 337 g/mol. The van der Waals surface area contributed by atoms with Gasteiger partial charge < -0.3 is 35.2 Å². The fourth-order valence-corrected chi connectivity index (χ4v) is 2.83. The first-order valence-electron chi connectivity index (χ1n) is 8.06. The lowest BCUT2D eigenvalue weighted by atomic mass is 9.70. The Kier molecular flexibility index (Phi) is 4.43. The molecule has 0 radical (unpaired) electrons. The number of benzene rings is 1. The van der Waals surface area contributed by atoms with Crippen LogP contribution in [0.1, 0.15) is 12.5 Å². The lowest BCUT2D eigenvalue weighted by Gasteiger charge is -2.41. The lowest BCUT2D eigenvalue weighted by molar-refractivity contribution is -0.143. The molecule has 0 aliphatic carbocycles. The van der Waals surface area contributed by atoms with Gasteiger partial charge in [0.05, 0.1) is 24.9 Å². The number of carbonyl (C=O) groups excluding carboxylic acids is 1. The molecule has 5 N–H and O–H groups in total. The van der Waals surface area contributed by atoms with Crippen LogP contribution in [-0.4, -0.2) is 64.1 Å². The van der Waals surface area contributed by atoms with Gasteiger partial charge in [-0.25, -0.2) is 0 Å². The van der Waals surface area contributed by atoms with Gasteiger partial charge in [0.15, 0.2) is 0 Å². The number of nitrogens with zero attached hydrogens (tertiary/aromatic N) is 1. The summed E-state index contributed by atoms with van der Waals surface area (Å²) < 4.78 is 11.0. The molecule has 2 atom stereocenters. The Bertz CT molecular complexity index is 632. The zero-order valence-corrected chi connectivity index (χ0v) is 13.5. The summed E-state index contributed by atoms with van der Waals surface area (Å²) in [5.41, 5.74) is 6.53. The van der Waals surface area contributed by atoms with E-state index >= 15 is 0 Å². The number of aryl methyl sites for hydroxylation is 1. The predicted molar refractivity (Wildman–Crippen MR) is 86.4 cm³/mol. The molecule has 8 nitrogen and oxygen atoms in total. The van der Waals surface area contributed by atoms with Crippen LogP contribution in [0.5, 0.6) is 11.5 Å². The van der Waals surface area contributed by atoms with E-state index in [-0.39, 0.29) is 18.3 Å². The zero-order valence-electron chi connectivity index (χ0n) is 13.5. The topological polar surface area (TPSA) is 125 Å². The van der Waals surface area contributed by atoms with Crippen LogP contribution in [0, 0.1) is 0 Å². The molecule has 0 bridgehead atoms. The van der Waals surface area contributed by atoms with Crippen LogP contribution >= 0.6 is 0 Å². The maximum atomic E-state index is 11.9. The number of carbonyl (C=O) groups is 1. The van der Waals surface area contributed by atoms with E-state index in [2.05, 4.69) is 0 Å². The lowest BCUT2D eigenvalue weighted by Crippen LogP contribution is -2.61. The summed E-state index contributed by atoms with van der Waals surface area (Å²) >= 11 is 0. The number of aliphatic hydroxyl groups excluding tert-OH is 1. The third-order valence-electron chi connectivity index (χ3n) is 4.41. The van der Waals surface area contributed by atoms with Crippen molar-refractivity contribution in [2.45, 2.75) is 37.9 Å². The number of aliphatic hydroxyl groups is 1. The average molecular weight is 337 g/mol. The first-order chi connectivity index (χ1) is 11.2. The van der Waals surface area contributed by atoms with E-state index in [1.165, 1.54) is 11.8 Å². The Balaban J connectivity index is 1.56. The minimum atomic E-state index is -2.80. The molecule has 2 aliphatic heterocycles. The number of likely N-dealkylation sites (tertiary alicyclic amines) is 1. The average Bonchev–Trinajstić information content (AvgIpc) is 2.47. The van der Waals surface area contributed by atoms with Gasteiger partial charge >= 0.3 is 6.75 Å². The highest BCUT2D eigenvalue weighted by molar-refractivity contribution is 6.58. The van der Waals surface area contributed by atoms with E-state index in [4.69, 9.17) is 15.1 Å². The Labute approximate surface area is 139 Å².